The van der Waals surface area contributed by atoms with Crippen LogP contribution in [0.2, 0.25) is 0 Å². The zero-order valence-electron chi connectivity index (χ0n) is 15.5. The van der Waals surface area contributed by atoms with E-state index in [4.69, 9.17) is 18.4 Å². The highest BCUT2D eigenvalue weighted by Gasteiger charge is 2.18. The van der Waals surface area contributed by atoms with Crippen molar-refractivity contribution in [2.75, 3.05) is 14.2 Å². The minimum Gasteiger partial charge on any atom is -0.493 e. The summed E-state index contributed by atoms with van der Waals surface area (Å²) in [6.07, 6.45) is 0. The lowest BCUT2D eigenvalue weighted by Crippen LogP contribution is -2.16. The summed E-state index contributed by atoms with van der Waals surface area (Å²) < 4.78 is 23.3. The second kappa shape index (κ2) is 7.92. The third-order valence-electron chi connectivity index (χ3n) is 4.16. The van der Waals surface area contributed by atoms with Crippen molar-refractivity contribution in [3.05, 3.63) is 63.4 Å². The van der Waals surface area contributed by atoms with E-state index in [1.54, 1.807) is 25.3 Å². The number of ether oxygens (including phenoxy) is 2. The zero-order valence-corrected chi connectivity index (χ0v) is 17.0. The molecule has 9 nitrogen and oxygen atoms in total. The molecule has 0 amide bonds. The fourth-order valence-electron chi connectivity index (χ4n) is 2.78. The fourth-order valence-corrected chi connectivity index (χ4v) is 3.18. The van der Waals surface area contributed by atoms with Gasteiger partial charge in [0, 0.05) is 15.6 Å². The number of rotatable bonds is 6. The van der Waals surface area contributed by atoms with Crippen molar-refractivity contribution in [3.63, 3.8) is 0 Å². The molecule has 0 fully saturated rings. The summed E-state index contributed by atoms with van der Waals surface area (Å²) in [6, 6.07) is 12.6. The summed E-state index contributed by atoms with van der Waals surface area (Å²) in [5.41, 5.74) is 1.37. The monoisotopic (exact) mass is 458 g/mol. The van der Waals surface area contributed by atoms with Crippen LogP contribution in [0.25, 0.3) is 22.8 Å². The van der Waals surface area contributed by atoms with Crippen LogP contribution in [0.5, 0.6) is 11.5 Å². The van der Waals surface area contributed by atoms with Gasteiger partial charge in [0.15, 0.2) is 17.3 Å². The summed E-state index contributed by atoms with van der Waals surface area (Å²) in [5, 5.41) is 12.0. The molecule has 0 saturated carbocycles. The smallest absolute Gasteiger partial charge is 0.442 e. The molecule has 0 radical (unpaired) electrons. The number of hydrogen-bond donors (Lipinski definition) is 0. The van der Waals surface area contributed by atoms with Crippen molar-refractivity contribution in [1.29, 1.82) is 0 Å². The lowest BCUT2D eigenvalue weighted by Gasteiger charge is -2.09. The molecule has 0 unspecified atom stereocenters. The van der Waals surface area contributed by atoms with Gasteiger partial charge < -0.3 is 13.9 Å². The van der Waals surface area contributed by atoms with Crippen LogP contribution >= 0.6 is 15.9 Å². The molecule has 2 aromatic heterocycles. The first-order valence-corrected chi connectivity index (χ1v) is 9.25. The summed E-state index contributed by atoms with van der Waals surface area (Å²) in [7, 11) is 3.07. The summed E-state index contributed by atoms with van der Waals surface area (Å²) in [6.45, 7) is 0.00696. The Morgan fingerprint density at radius 1 is 1.03 bits per heavy atom. The number of hydrogen-bond acceptors (Lipinski definition) is 8. The van der Waals surface area contributed by atoms with Gasteiger partial charge in [-0.3, -0.25) is 4.52 Å². The van der Waals surface area contributed by atoms with Crippen LogP contribution in [0.3, 0.4) is 0 Å². The number of halogens is 1. The third-order valence-corrected chi connectivity index (χ3v) is 4.65. The van der Waals surface area contributed by atoms with E-state index in [0.29, 0.717) is 28.8 Å². The highest BCUT2D eigenvalue weighted by Crippen LogP contribution is 2.31. The molecule has 0 aliphatic carbocycles. The molecule has 0 atom stereocenters. The Balaban J connectivity index is 1.66. The van der Waals surface area contributed by atoms with E-state index in [9.17, 15) is 4.79 Å². The number of benzene rings is 2. The number of nitrogens with zero attached hydrogens (tertiary/aromatic N) is 4. The van der Waals surface area contributed by atoms with Gasteiger partial charge in [0.25, 0.3) is 0 Å². The van der Waals surface area contributed by atoms with Gasteiger partial charge in [-0.15, -0.1) is 10.2 Å². The largest absolute Gasteiger partial charge is 0.493 e. The molecule has 2 heterocycles. The van der Waals surface area contributed by atoms with Gasteiger partial charge in [0.1, 0.15) is 6.54 Å². The molecule has 4 rings (SSSR count). The van der Waals surface area contributed by atoms with Gasteiger partial charge in [0.2, 0.25) is 11.8 Å². The van der Waals surface area contributed by atoms with Crippen molar-refractivity contribution in [2.45, 2.75) is 6.54 Å². The van der Waals surface area contributed by atoms with Crippen LogP contribution in [0, 0.1) is 0 Å². The maximum absolute atomic E-state index is 12.2. The summed E-state index contributed by atoms with van der Waals surface area (Å²) in [4.78, 5) is 12.2. The van der Waals surface area contributed by atoms with E-state index in [0.717, 1.165) is 10.0 Å². The maximum atomic E-state index is 12.2. The Bertz CT molecular complexity index is 1210. The lowest BCUT2D eigenvalue weighted by molar-refractivity contribution is 0.355. The SMILES string of the molecule is COc1ccc(-c2noc(=O)n2Cc2nnc(-c3cccc(Br)c3)o2)cc1OC. The topological polar surface area (TPSA) is 105 Å². The minimum absolute atomic E-state index is 0.00696. The molecule has 2 aromatic carbocycles. The molecule has 4 aromatic rings. The highest BCUT2D eigenvalue weighted by atomic mass is 79.9. The second-order valence-corrected chi connectivity index (χ2v) is 6.85. The van der Waals surface area contributed by atoms with Gasteiger partial charge >= 0.3 is 5.76 Å². The van der Waals surface area contributed by atoms with E-state index in [2.05, 4.69) is 31.3 Å². The van der Waals surface area contributed by atoms with Crippen LogP contribution in [-0.4, -0.2) is 34.1 Å². The molecule has 0 aliphatic rings. The van der Waals surface area contributed by atoms with Crippen molar-refractivity contribution < 1.29 is 18.4 Å². The maximum Gasteiger partial charge on any atom is 0.442 e. The Morgan fingerprint density at radius 3 is 2.62 bits per heavy atom. The van der Waals surface area contributed by atoms with Crippen LogP contribution in [-0.2, 0) is 6.54 Å². The van der Waals surface area contributed by atoms with E-state index < -0.39 is 5.76 Å². The molecule has 0 aliphatic heterocycles. The first-order valence-electron chi connectivity index (χ1n) is 8.46. The fraction of sp³-hybridized carbons (Fsp3) is 0.158. The molecule has 10 heteroatoms. The second-order valence-electron chi connectivity index (χ2n) is 5.94. The molecule has 0 saturated heterocycles. The highest BCUT2D eigenvalue weighted by molar-refractivity contribution is 9.10. The molecule has 29 heavy (non-hydrogen) atoms. The molecule has 0 N–H and O–H groups in total. The van der Waals surface area contributed by atoms with Gasteiger partial charge in [0.05, 0.1) is 14.2 Å². The third kappa shape index (κ3) is 3.79. The lowest BCUT2D eigenvalue weighted by atomic mass is 10.2. The number of aromatic nitrogens is 4. The van der Waals surface area contributed by atoms with E-state index >= 15 is 0 Å². The molecule has 0 spiro atoms. The summed E-state index contributed by atoms with van der Waals surface area (Å²) in [5.74, 6) is 1.31. The molecule has 0 bridgehead atoms. The Labute approximate surface area is 173 Å². The Morgan fingerprint density at radius 2 is 1.86 bits per heavy atom. The Hall–Kier alpha value is -3.40. The van der Waals surface area contributed by atoms with Crippen LogP contribution in [0.15, 0.2) is 60.7 Å². The summed E-state index contributed by atoms with van der Waals surface area (Å²) >= 11 is 3.41. The van der Waals surface area contributed by atoms with Gasteiger partial charge in [-0.1, -0.05) is 27.2 Å². The average molecular weight is 459 g/mol. The Kier molecular flexibility index (Phi) is 5.17. The molecular weight excluding hydrogens is 444 g/mol. The van der Waals surface area contributed by atoms with Crippen LogP contribution in [0.4, 0.5) is 0 Å². The number of methoxy groups -OCH3 is 2. The van der Waals surface area contributed by atoms with E-state index in [1.807, 2.05) is 24.3 Å². The zero-order chi connectivity index (χ0) is 20.4. The van der Waals surface area contributed by atoms with Crippen molar-refractivity contribution >= 4 is 15.9 Å². The van der Waals surface area contributed by atoms with Crippen LogP contribution < -0.4 is 15.2 Å². The van der Waals surface area contributed by atoms with E-state index in [1.165, 1.54) is 11.7 Å². The quantitative estimate of drug-likeness (QED) is 0.432. The van der Waals surface area contributed by atoms with Gasteiger partial charge in [-0.05, 0) is 36.4 Å². The van der Waals surface area contributed by atoms with Gasteiger partial charge in [-0.2, -0.15) is 0 Å². The standard InChI is InChI=1S/C19H15BrN4O5/c1-26-14-7-6-11(9-15(14)27-2)17-23-29-19(25)24(17)10-16-21-22-18(28-16)12-4-3-5-13(20)8-12/h3-9H,10H2,1-2H3. The van der Waals surface area contributed by atoms with Crippen molar-refractivity contribution in [3.8, 4) is 34.3 Å². The predicted molar refractivity (Wildman–Crippen MR) is 106 cm³/mol. The van der Waals surface area contributed by atoms with Crippen molar-refractivity contribution in [2.24, 2.45) is 0 Å². The van der Waals surface area contributed by atoms with E-state index in [-0.39, 0.29) is 12.4 Å². The first kappa shape index (κ1) is 18.9. The normalized spacial score (nSPS) is 10.9. The average Bonchev–Trinajstić information content (AvgIpc) is 3.35. The van der Waals surface area contributed by atoms with Crippen LogP contribution in [0.1, 0.15) is 5.89 Å². The van der Waals surface area contributed by atoms with Crippen molar-refractivity contribution in [1.82, 2.24) is 19.9 Å². The first-order chi connectivity index (χ1) is 14.1. The molecular formula is C19H15BrN4O5. The van der Waals surface area contributed by atoms with Gasteiger partial charge in [-0.25, -0.2) is 9.36 Å². The molecule has 148 valence electrons. The predicted octanol–water partition coefficient (Wildman–Crippen LogP) is 3.38. The minimum atomic E-state index is -0.642.